The molecule has 10 heteroatoms. The molecule has 0 aliphatic rings. The van der Waals surface area contributed by atoms with Gasteiger partial charge in [0.15, 0.2) is 0 Å². The zero-order chi connectivity index (χ0) is 20.8. The van der Waals surface area contributed by atoms with E-state index in [4.69, 9.17) is 11.5 Å². The smallest absolute Gasteiger partial charge is 0.244 e. The Labute approximate surface area is 205 Å². The highest BCUT2D eigenvalue weighted by atomic mass is 79.9. The van der Waals surface area contributed by atoms with E-state index in [0.29, 0.717) is 10.9 Å². The maximum Gasteiger partial charge on any atom is 0.244 e. The molecule has 0 radical (unpaired) electrons. The summed E-state index contributed by atoms with van der Waals surface area (Å²) in [5.74, 6) is -1.65. The van der Waals surface area contributed by atoms with Gasteiger partial charge in [0, 0.05) is 16.2 Å². The van der Waals surface area contributed by atoms with E-state index in [9.17, 15) is 14.4 Å². The molecule has 0 aliphatic carbocycles. The molecule has 1 aromatic carbocycles. The SMILES string of the molecule is Br.Br.CC[C@H](C)[C@H](N)C(=O)N(CC(N)=O)c1ccc(Br)cc1C(=O)c1ccccn1. The van der Waals surface area contributed by atoms with Crippen LogP contribution >= 0.6 is 49.9 Å². The number of rotatable bonds is 8. The molecule has 2 amide bonds. The number of nitrogens with two attached hydrogens (primary N) is 2. The van der Waals surface area contributed by atoms with Crippen molar-refractivity contribution in [3.8, 4) is 0 Å². The summed E-state index contributed by atoms with van der Waals surface area (Å²) in [4.78, 5) is 43.0. The zero-order valence-electron chi connectivity index (χ0n) is 16.6. The highest BCUT2D eigenvalue weighted by molar-refractivity contribution is 9.10. The van der Waals surface area contributed by atoms with Crippen molar-refractivity contribution >= 4 is 73.2 Å². The Kier molecular flexibility index (Phi) is 12.2. The number of pyridine rings is 1. The van der Waals surface area contributed by atoms with Gasteiger partial charge in [-0.15, -0.1) is 34.0 Å². The molecule has 2 aromatic rings. The molecule has 7 nitrogen and oxygen atoms in total. The monoisotopic (exact) mass is 606 g/mol. The van der Waals surface area contributed by atoms with Gasteiger partial charge in [0.1, 0.15) is 12.2 Å². The molecule has 1 heterocycles. The average molecular weight is 609 g/mol. The average Bonchev–Trinajstić information content (AvgIpc) is 2.70. The Hall–Kier alpha value is -1.62. The van der Waals surface area contributed by atoms with E-state index in [0.717, 1.165) is 0 Å². The normalized spacial score (nSPS) is 12.0. The molecule has 0 saturated carbocycles. The molecule has 164 valence electrons. The number of ketones is 1. The minimum Gasteiger partial charge on any atom is -0.368 e. The van der Waals surface area contributed by atoms with Crippen molar-refractivity contribution in [3.63, 3.8) is 0 Å². The Bertz CT molecular complexity index is 881. The Morgan fingerprint density at radius 2 is 1.83 bits per heavy atom. The predicted octanol–water partition coefficient (Wildman–Crippen LogP) is 3.42. The molecule has 2 atom stereocenters. The van der Waals surface area contributed by atoms with Gasteiger partial charge in [-0.05, 0) is 36.2 Å². The van der Waals surface area contributed by atoms with E-state index in [1.54, 1.807) is 36.4 Å². The largest absolute Gasteiger partial charge is 0.368 e. The van der Waals surface area contributed by atoms with Gasteiger partial charge in [0.25, 0.3) is 0 Å². The van der Waals surface area contributed by atoms with Crippen LogP contribution in [0.15, 0.2) is 47.1 Å². The fraction of sp³-hybridized carbons (Fsp3) is 0.300. The molecular weight excluding hydrogens is 584 g/mol. The number of halogens is 3. The van der Waals surface area contributed by atoms with Crippen LogP contribution in [0.2, 0.25) is 0 Å². The number of nitrogens with zero attached hydrogens (tertiary/aromatic N) is 2. The summed E-state index contributed by atoms with van der Waals surface area (Å²) in [6, 6.07) is 9.01. The molecule has 0 aliphatic heterocycles. The Morgan fingerprint density at radius 3 is 2.37 bits per heavy atom. The maximum atomic E-state index is 13.0. The van der Waals surface area contributed by atoms with Crippen LogP contribution in [-0.2, 0) is 9.59 Å². The zero-order valence-corrected chi connectivity index (χ0v) is 21.6. The number of hydrogen-bond donors (Lipinski definition) is 2. The van der Waals surface area contributed by atoms with Gasteiger partial charge in [0.05, 0.1) is 11.7 Å². The lowest BCUT2D eigenvalue weighted by molar-refractivity contribution is -0.123. The molecule has 0 bridgehead atoms. The number of aromatic nitrogens is 1. The molecule has 2 rings (SSSR count). The number of hydrogen-bond acceptors (Lipinski definition) is 5. The third-order valence-corrected chi connectivity index (χ3v) is 5.01. The molecular formula is C20H25Br3N4O3. The van der Waals surface area contributed by atoms with Crippen LogP contribution in [0.3, 0.4) is 0 Å². The molecule has 4 N–H and O–H groups in total. The van der Waals surface area contributed by atoms with Crippen molar-refractivity contribution in [1.82, 2.24) is 4.98 Å². The first-order chi connectivity index (χ1) is 13.3. The second kappa shape index (κ2) is 12.9. The second-order valence-corrected chi connectivity index (χ2v) is 7.42. The molecule has 0 fully saturated rings. The molecule has 30 heavy (non-hydrogen) atoms. The first kappa shape index (κ1) is 28.4. The second-order valence-electron chi connectivity index (χ2n) is 6.51. The van der Waals surface area contributed by atoms with E-state index in [2.05, 4.69) is 20.9 Å². The van der Waals surface area contributed by atoms with Crippen LogP contribution in [0.5, 0.6) is 0 Å². The van der Waals surface area contributed by atoms with Crippen molar-refractivity contribution in [2.75, 3.05) is 11.4 Å². The predicted molar refractivity (Wildman–Crippen MR) is 131 cm³/mol. The summed E-state index contributed by atoms with van der Waals surface area (Å²) < 4.78 is 0.647. The number of amides is 2. The lowest BCUT2D eigenvalue weighted by Gasteiger charge is -2.28. The quantitative estimate of drug-likeness (QED) is 0.445. The van der Waals surface area contributed by atoms with Gasteiger partial charge in [-0.2, -0.15) is 0 Å². The van der Waals surface area contributed by atoms with Crippen LogP contribution in [0.1, 0.15) is 36.3 Å². The summed E-state index contributed by atoms with van der Waals surface area (Å²) in [6.45, 7) is 3.39. The Morgan fingerprint density at radius 1 is 1.17 bits per heavy atom. The summed E-state index contributed by atoms with van der Waals surface area (Å²) in [5, 5.41) is 0. The van der Waals surface area contributed by atoms with Gasteiger partial charge in [-0.1, -0.05) is 42.3 Å². The van der Waals surface area contributed by atoms with Gasteiger partial charge < -0.3 is 16.4 Å². The number of benzene rings is 1. The summed E-state index contributed by atoms with van der Waals surface area (Å²) in [5.41, 5.74) is 12.2. The lowest BCUT2D eigenvalue weighted by Crippen LogP contribution is -2.50. The van der Waals surface area contributed by atoms with Crippen LogP contribution in [-0.4, -0.2) is 35.2 Å². The standard InChI is InChI=1S/C20H23BrN4O3.2BrH/c1-3-12(2)18(23)20(28)25(11-17(22)26)16-8-7-13(21)10-14(16)19(27)15-6-4-5-9-24-15;;/h4-10,12,18H,3,11,23H2,1-2H3,(H2,22,26);2*1H/t12-,18-;;/m0../s1. The molecule has 0 unspecified atom stereocenters. The summed E-state index contributed by atoms with van der Waals surface area (Å²) in [7, 11) is 0. The fourth-order valence-electron chi connectivity index (χ4n) is 2.68. The van der Waals surface area contributed by atoms with Crippen LogP contribution in [0, 0.1) is 5.92 Å². The highest BCUT2D eigenvalue weighted by Gasteiger charge is 2.30. The minimum absolute atomic E-state index is 0. The van der Waals surface area contributed by atoms with Gasteiger partial charge in [0.2, 0.25) is 17.6 Å². The van der Waals surface area contributed by atoms with E-state index in [1.165, 1.54) is 11.1 Å². The van der Waals surface area contributed by atoms with Crippen molar-refractivity contribution in [1.29, 1.82) is 0 Å². The first-order valence-corrected chi connectivity index (χ1v) is 9.66. The van der Waals surface area contributed by atoms with Crippen LogP contribution < -0.4 is 16.4 Å². The van der Waals surface area contributed by atoms with Gasteiger partial charge >= 0.3 is 0 Å². The molecule has 0 saturated heterocycles. The van der Waals surface area contributed by atoms with Crippen LogP contribution in [0.25, 0.3) is 0 Å². The van der Waals surface area contributed by atoms with E-state index in [-0.39, 0.29) is 69.2 Å². The number of anilines is 1. The third-order valence-electron chi connectivity index (χ3n) is 4.51. The Balaban J connectivity index is 0.00000420. The molecule has 1 aromatic heterocycles. The lowest BCUT2D eigenvalue weighted by atomic mass is 9.97. The third kappa shape index (κ3) is 6.97. The van der Waals surface area contributed by atoms with E-state index < -0.39 is 17.9 Å². The number of primary amides is 1. The summed E-state index contributed by atoms with van der Waals surface area (Å²) in [6.07, 6.45) is 2.20. The van der Waals surface area contributed by atoms with Crippen molar-refractivity contribution < 1.29 is 14.4 Å². The first-order valence-electron chi connectivity index (χ1n) is 8.86. The number of carbonyl (C=O) groups excluding carboxylic acids is 3. The fourth-order valence-corrected chi connectivity index (χ4v) is 3.04. The van der Waals surface area contributed by atoms with Gasteiger partial charge in [-0.25, -0.2) is 0 Å². The highest BCUT2D eigenvalue weighted by Crippen LogP contribution is 2.28. The van der Waals surface area contributed by atoms with Crippen LogP contribution in [0.4, 0.5) is 5.69 Å². The van der Waals surface area contributed by atoms with Crippen molar-refractivity contribution in [2.45, 2.75) is 26.3 Å². The van der Waals surface area contributed by atoms with E-state index >= 15 is 0 Å². The number of carbonyl (C=O) groups is 3. The van der Waals surface area contributed by atoms with Crippen molar-refractivity contribution in [3.05, 3.63) is 58.3 Å². The van der Waals surface area contributed by atoms with Gasteiger partial charge in [-0.3, -0.25) is 19.4 Å². The molecule has 0 spiro atoms. The summed E-state index contributed by atoms with van der Waals surface area (Å²) >= 11 is 3.35. The topological polar surface area (TPSA) is 119 Å². The van der Waals surface area contributed by atoms with E-state index in [1.807, 2.05) is 13.8 Å². The van der Waals surface area contributed by atoms with Crippen molar-refractivity contribution in [2.24, 2.45) is 17.4 Å². The maximum absolute atomic E-state index is 13.0. The minimum atomic E-state index is -0.828.